The highest BCUT2D eigenvalue weighted by Crippen LogP contribution is 2.41. The van der Waals surface area contributed by atoms with Crippen LogP contribution in [-0.2, 0) is 20.8 Å². The van der Waals surface area contributed by atoms with E-state index in [1.807, 2.05) is 0 Å². The summed E-state index contributed by atoms with van der Waals surface area (Å²) in [5, 5.41) is 18.8. The number of methoxy groups -OCH3 is 1. The van der Waals surface area contributed by atoms with Crippen molar-refractivity contribution in [2.75, 3.05) is 13.7 Å². The number of H-pyrrole nitrogens is 1. The van der Waals surface area contributed by atoms with Crippen LogP contribution in [0.1, 0.15) is 25.6 Å². The lowest BCUT2D eigenvalue weighted by Gasteiger charge is -2.23. The van der Waals surface area contributed by atoms with Crippen LogP contribution < -0.4 is 14.9 Å². The first-order valence-electron chi connectivity index (χ1n) is 7.34. The molecule has 3 N–H and O–H groups in total. The molecule has 0 saturated carbocycles. The fourth-order valence-electron chi connectivity index (χ4n) is 3.02. The Kier molecular flexibility index (Phi) is 4.15. The Morgan fingerprint density at radius 1 is 1.35 bits per heavy atom. The summed E-state index contributed by atoms with van der Waals surface area (Å²) in [7, 11) is 1.41. The van der Waals surface area contributed by atoms with Gasteiger partial charge in [-0.3, -0.25) is 0 Å². The maximum absolute atomic E-state index is 11.8. The average molecular weight is 329 g/mol. The number of nitrogens with one attached hydrogen (secondary N) is 1. The fourth-order valence-corrected chi connectivity index (χ4v) is 3.02. The molecule has 2 fully saturated rings. The highest BCUT2D eigenvalue weighted by molar-refractivity contribution is 5.02. The predicted molar refractivity (Wildman–Crippen MR) is 74.6 cm³/mol. The van der Waals surface area contributed by atoms with E-state index in [0.29, 0.717) is 0 Å². The summed E-state index contributed by atoms with van der Waals surface area (Å²) < 4.78 is 24.2. The summed E-state index contributed by atoms with van der Waals surface area (Å²) in [6.45, 7) is 2.91. The number of aromatic amines is 1. The van der Waals surface area contributed by atoms with Gasteiger partial charge >= 0.3 is 11.6 Å². The number of ether oxygens (including phenoxy) is 4. The van der Waals surface area contributed by atoms with Gasteiger partial charge in [-0.05, 0) is 13.8 Å². The molecule has 1 aromatic rings. The molecule has 0 amide bonds. The summed E-state index contributed by atoms with van der Waals surface area (Å²) in [6, 6.07) is 0.155. The number of aliphatic hydroxyl groups is 2. The first-order valence-corrected chi connectivity index (χ1v) is 7.34. The van der Waals surface area contributed by atoms with Crippen molar-refractivity contribution < 1.29 is 33.7 Å². The lowest BCUT2D eigenvalue weighted by molar-refractivity contribution is -0.772. The Labute approximate surface area is 132 Å². The van der Waals surface area contributed by atoms with Crippen molar-refractivity contribution >= 4 is 0 Å². The second kappa shape index (κ2) is 5.84. The number of fused-ring (bicyclic) bond motifs is 1. The first-order chi connectivity index (χ1) is 10.9. The van der Waals surface area contributed by atoms with Gasteiger partial charge in [-0.2, -0.15) is 9.55 Å². The van der Waals surface area contributed by atoms with Gasteiger partial charge in [0.2, 0.25) is 6.23 Å². The molecular formula is C14H21N2O7+. The zero-order valence-electron chi connectivity index (χ0n) is 13.2. The summed E-state index contributed by atoms with van der Waals surface area (Å²) in [5.41, 5.74) is -0.283. The van der Waals surface area contributed by atoms with Gasteiger partial charge in [-0.25, -0.2) is 4.79 Å². The van der Waals surface area contributed by atoms with Crippen molar-refractivity contribution in [3.63, 3.8) is 0 Å². The van der Waals surface area contributed by atoms with E-state index < -0.39 is 42.5 Å². The van der Waals surface area contributed by atoms with Crippen LogP contribution in [0.25, 0.3) is 0 Å². The lowest BCUT2D eigenvalue weighted by atomic mass is 10.1. The molecular weight excluding hydrogens is 308 g/mol. The molecule has 2 aliphatic heterocycles. The highest BCUT2D eigenvalue weighted by atomic mass is 16.8. The molecule has 1 aromatic heterocycles. The molecule has 0 aliphatic carbocycles. The maximum atomic E-state index is 11.8. The number of rotatable bonds is 4. The van der Waals surface area contributed by atoms with Crippen LogP contribution in [0.3, 0.4) is 0 Å². The first kappa shape index (κ1) is 16.3. The second-order valence-electron chi connectivity index (χ2n) is 6.00. The Morgan fingerprint density at radius 2 is 2.04 bits per heavy atom. The summed E-state index contributed by atoms with van der Waals surface area (Å²) in [6.07, 6.45) is -0.710. The molecule has 0 spiro atoms. The van der Waals surface area contributed by atoms with Crippen LogP contribution >= 0.6 is 0 Å². The zero-order valence-corrected chi connectivity index (χ0v) is 13.2. The predicted octanol–water partition coefficient (Wildman–Crippen LogP) is -1.43. The van der Waals surface area contributed by atoms with Gasteiger partial charge in [-0.1, -0.05) is 0 Å². The number of nitrogens with zero attached hydrogens (tertiary/aromatic N) is 1. The van der Waals surface area contributed by atoms with E-state index in [1.54, 1.807) is 13.8 Å². The van der Waals surface area contributed by atoms with Crippen LogP contribution in [-0.4, -0.2) is 53.0 Å². The third-order valence-electron chi connectivity index (χ3n) is 3.98. The second-order valence-corrected chi connectivity index (χ2v) is 6.00. The zero-order chi connectivity index (χ0) is 16.8. The van der Waals surface area contributed by atoms with Crippen LogP contribution in [0.15, 0.2) is 11.0 Å². The molecule has 0 aromatic carbocycles. The minimum absolute atomic E-state index is 0.155. The van der Waals surface area contributed by atoms with Crippen LogP contribution in [0.5, 0.6) is 6.01 Å². The largest absolute Gasteiger partial charge is 0.458 e. The van der Waals surface area contributed by atoms with E-state index in [0.717, 1.165) is 0 Å². The average Bonchev–Trinajstić information content (AvgIpc) is 2.99. The van der Waals surface area contributed by atoms with Gasteiger partial charge in [0.25, 0.3) is 0 Å². The van der Waals surface area contributed by atoms with Gasteiger partial charge in [-0.15, -0.1) is 0 Å². The van der Waals surface area contributed by atoms with Crippen molar-refractivity contribution in [2.45, 2.75) is 50.8 Å². The van der Waals surface area contributed by atoms with Crippen LogP contribution in [0.2, 0.25) is 0 Å². The van der Waals surface area contributed by atoms with Gasteiger partial charge in [0.05, 0.1) is 20.3 Å². The van der Waals surface area contributed by atoms with E-state index in [-0.39, 0.29) is 18.2 Å². The Hall–Kier alpha value is -1.52. The van der Waals surface area contributed by atoms with Gasteiger partial charge in [0.15, 0.2) is 11.9 Å². The third kappa shape index (κ3) is 2.74. The smallest absolute Gasteiger partial charge is 0.434 e. The number of hydrogen-bond acceptors (Lipinski definition) is 7. The molecule has 23 heavy (non-hydrogen) atoms. The molecule has 2 saturated heterocycles. The van der Waals surface area contributed by atoms with Crippen molar-refractivity contribution in [3.8, 4) is 6.01 Å². The maximum Gasteiger partial charge on any atom is 0.458 e. The minimum atomic E-state index is -0.805. The van der Waals surface area contributed by atoms with Crippen LogP contribution in [0, 0.1) is 0 Å². The summed E-state index contributed by atoms with van der Waals surface area (Å²) >= 11 is 0. The minimum Gasteiger partial charge on any atom is -0.434 e. The van der Waals surface area contributed by atoms with Crippen molar-refractivity contribution in [1.29, 1.82) is 0 Å². The van der Waals surface area contributed by atoms with E-state index in [9.17, 15) is 15.0 Å². The molecule has 0 radical (unpaired) electrons. The van der Waals surface area contributed by atoms with Crippen LogP contribution in [0.4, 0.5) is 0 Å². The topological polar surface area (TPSA) is 114 Å². The Morgan fingerprint density at radius 3 is 2.65 bits per heavy atom. The fraction of sp³-hybridized carbons (Fsp3) is 0.714. The van der Waals surface area contributed by atoms with Crippen molar-refractivity contribution in [2.24, 2.45) is 0 Å². The molecule has 3 rings (SSSR count). The lowest BCUT2D eigenvalue weighted by Crippen LogP contribution is -2.49. The molecule has 0 bridgehead atoms. The van der Waals surface area contributed by atoms with E-state index >= 15 is 0 Å². The van der Waals surface area contributed by atoms with E-state index in [4.69, 9.17) is 18.9 Å². The molecule has 128 valence electrons. The van der Waals surface area contributed by atoms with Gasteiger partial charge < -0.3 is 29.2 Å². The Bertz CT molecular complexity index is 645. The van der Waals surface area contributed by atoms with Crippen molar-refractivity contribution in [1.82, 2.24) is 4.98 Å². The highest BCUT2D eigenvalue weighted by Gasteiger charge is 2.58. The van der Waals surface area contributed by atoms with Crippen molar-refractivity contribution in [3.05, 3.63) is 22.1 Å². The quantitative estimate of drug-likeness (QED) is 0.581. The normalized spacial score (nSPS) is 32.0. The number of hydrogen-bond donors (Lipinski definition) is 3. The van der Waals surface area contributed by atoms with E-state index in [2.05, 4.69) is 4.98 Å². The monoisotopic (exact) mass is 329 g/mol. The molecule has 2 aliphatic rings. The molecule has 9 heteroatoms. The van der Waals surface area contributed by atoms with Gasteiger partial charge in [0, 0.05) is 0 Å². The molecule has 3 heterocycles. The molecule has 0 unspecified atom stereocenters. The number of aliphatic hydroxyl groups excluding tert-OH is 2. The standard InChI is InChI=1S/C14H20N2O7/c1-14(2)22-9-8(6-18)21-12(10(9)23-14)16-4-7(5-17)11(19)15-13(16)20-3/h4,8-10,12,17-18H,5-6H2,1-3H3/p+1/t8-,9-,10-,12-/m1/s1. The SMILES string of the molecule is COc1[nH]c(=O)c(CO)c[n+]1[C@@H]1O[C@H](CO)[C@H]2OC(C)(C)O[C@H]21. The number of aromatic nitrogens is 2. The Balaban J connectivity index is 2.02. The van der Waals surface area contributed by atoms with Gasteiger partial charge in [0.1, 0.15) is 24.0 Å². The summed E-state index contributed by atoms with van der Waals surface area (Å²) in [4.78, 5) is 14.3. The molecule has 4 atom stereocenters. The summed E-state index contributed by atoms with van der Waals surface area (Å²) in [5.74, 6) is -0.805. The van der Waals surface area contributed by atoms with E-state index in [1.165, 1.54) is 17.9 Å². The molecule has 9 nitrogen and oxygen atoms in total. The third-order valence-corrected chi connectivity index (χ3v) is 3.98.